The van der Waals surface area contributed by atoms with Crippen LogP contribution < -0.4 is 0 Å². The van der Waals surface area contributed by atoms with Gasteiger partial charge < -0.3 is 14.6 Å². The van der Waals surface area contributed by atoms with E-state index in [2.05, 4.69) is 9.97 Å². The molecule has 0 aliphatic carbocycles. The van der Waals surface area contributed by atoms with Gasteiger partial charge in [-0.1, -0.05) is 48.5 Å². The van der Waals surface area contributed by atoms with Crippen LogP contribution in [0.2, 0.25) is 0 Å². The number of likely N-dealkylation sites (tertiary alicyclic amines) is 1. The average molecular weight is 600 g/mol. The van der Waals surface area contributed by atoms with Crippen molar-refractivity contribution in [2.75, 3.05) is 13.1 Å². The summed E-state index contributed by atoms with van der Waals surface area (Å²) in [7, 11) is -3.74. The summed E-state index contributed by atoms with van der Waals surface area (Å²) in [6.07, 6.45) is 3.56. The van der Waals surface area contributed by atoms with E-state index in [1.807, 2.05) is 51.1 Å². The highest BCUT2D eigenvalue weighted by Crippen LogP contribution is 2.33. The number of amides is 1. The maximum atomic E-state index is 13.9. The van der Waals surface area contributed by atoms with Crippen LogP contribution >= 0.6 is 0 Å². The van der Waals surface area contributed by atoms with E-state index in [1.165, 1.54) is 12.4 Å². The highest BCUT2D eigenvalue weighted by Gasteiger charge is 2.32. The molecule has 1 saturated heterocycles. The number of carbonyl (C=O) groups is 2. The van der Waals surface area contributed by atoms with Gasteiger partial charge in [0.2, 0.25) is 10.0 Å². The number of hydrogen-bond donors (Lipinski definition) is 1. The summed E-state index contributed by atoms with van der Waals surface area (Å²) in [6.45, 7) is 6.49. The van der Waals surface area contributed by atoms with Crippen LogP contribution in [0, 0.1) is 5.92 Å². The van der Waals surface area contributed by atoms with Crippen molar-refractivity contribution in [3.63, 3.8) is 0 Å². The third kappa shape index (κ3) is 5.90. The highest BCUT2D eigenvalue weighted by molar-refractivity contribution is 7.89. The number of hydrogen-bond acceptors (Lipinski definition) is 7. The van der Waals surface area contributed by atoms with Gasteiger partial charge in [0.25, 0.3) is 0 Å². The lowest BCUT2D eigenvalue weighted by atomic mass is 9.95. The number of nitrogens with zero attached hydrogens (tertiary/aromatic N) is 4. The quantitative estimate of drug-likeness (QED) is 0.235. The Hall–Kier alpha value is -4.51. The Labute approximate surface area is 249 Å². The molecule has 10 nitrogen and oxygen atoms in total. The molecule has 0 bridgehead atoms. The van der Waals surface area contributed by atoms with E-state index < -0.39 is 15.6 Å². The fourth-order valence-corrected chi connectivity index (χ4v) is 6.97. The van der Waals surface area contributed by atoms with Crippen LogP contribution in [0.3, 0.4) is 0 Å². The number of benzene rings is 2. The van der Waals surface area contributed by atoms with Gasteiger partial charge in [-0.3, -0.25) is 4.79 Å². The molecule has 1 fully saturated rings. The fourth-order valence-electron chi connectivity index (χ4n) is 5.57. The zero-order valence-electron chi connectivity index (χ0n) is 24.3. The predicted molar refractivity (Wildman–Crippen MR) is 164 cm³/mol. The number of para-hydroxylation sites is 1. The first-order valence-electron chi connectivity index (χ1n) is 14.2. The Kier molecular flexibility index (Phi) is 7.29. The second kappa shape index (κ2) is 11.0. The third-order valence-electron chi connectivity index (χ3n) is 7.50. The van der Waals surface area contributed by atoms with E-state index in [0.29, 0.717) is 47.5 Å². The number of carbonyl (C=O) groups excluding carboxylic acids is 2. The Morgan fingerprint density at radius 3 is 2.56 bits per heavy atom. The molecule has 1 aliphatic heterocycles. The van der Waals surface area contributed by atoms with Crippen molar-refractivity contribution in [1.82, 2.24) is 23.8 Å². The topological polar surface area (TPSA) is 127 Å². The summed E-state index contributed by atoms with van der Waals surface area (Å²) >= 11 is 0. The second-order valence-corrected chi connectivity index (χ2v) is 13.8. The number of fused-ring (bicyclic) bond motifs is 2. The molecule has 6 rings (SSSR count). The van der Waals surface area contributed by atoms with Crippen molar-refractivity contribution in [1.29, 1.82) is 0 Å². The number of aromatic amines is 1. The minimum absolute atomic E-state index is 0.000974. The van der Waals surface area contributed by atoms with Gasteiger partial charge in [-0.15, -0.1) is 0 Å². The summed E-state index contributed by atoms with van der Waals surface area (Å²) in [5, 5.41) is 0.773. The van der Waals surface area contributed by atoms with Gasteiger partial charge in [0.15, 0.2) is 11.4 Å². The Morgan fingerprint density at radius 1 is 1.05 bits per heavy atom. The summed E-state index contributed by atoms with van der Waals surface area (Å²) in [5.74, 6) is -0.235. The van der Waals surface area contributed by atoms with Gasteiger partial charge in [-0.2, -0.15) is 0 Å². The lowest BCUT2D eigenvalue weighted by Gasteiger charge is -2.24. The van der Waals surface area contributed by atoms with Gasteiger partial charge in [0, 0.05) is 36.6 Å². The van der Waals surface area contributed by atoms with Gasteiger partial charge in [-0.25, -0.2) is 27.2 Å². The molecule has 1 N–H and O–H groups in total. The molecule has 2 aromatic carbocycles. The smallest absolute Gasteiger partial charge is 0.410 e. The fraction of sp³-hybridized carbons (Fsp3) is 0.312. The Balaban J connectivity index is 1.29. The molecule has 43 heavy (non-hydrogen) atoms. The molecule has 0 unspecified atom stereocenters. The number of aromatic nitrogens is 4. The lowest BCUT2D eigenvalue weighted by Crippen LogP contribution is -2.35. The molecular formula is C32H33N5O5S. The SMILES string of the molecule is CC(C)(C)OC(=O)N1CC[C@@H](CC(=O)c2c(-c3cnc4c(ccn4S(=O)(=O)Cc4ccccc4)n3)[nH]c3ccccc23)C1. The van der Waals surface area contributed by atoms with Crippen molar-refractivity contribution in [2.45, 2.75) is 45.0 Å². The number of ketones is 1. The van der Waals surface area contributed by atoms with E-state index in [1.54, 1.807) is 35.2 Å². The second-order valence-electron chi connectivity index (χ2n) is 11.9. The first-order valence-corrected chi connectivity index (χ1v) is 15.8. The standard InChI is InChI=1S/C32H33N5O5S/c1-32(2,3)42-31(39)36-15-13-22(19-36)17-27(38)28-23-11-7-8-12-24(23)35-29(28)26-18-33-30-25(34-26)14-16-37(30)43(40,41)20-21-9-5-4-6-10-21/h4-12,14,16,18,22,35H,13,15,17,19-20H2,1-3H3/t22-/m0/s1. The molecular weight excluding hydrogens is 566 g/mol. The molecule has 1 amide bonds. The molecule has 0 radical (unpaired) electrons. The van der Waals surface area contributed by atoms with Crippen LogP contribution in [0.25, 0.3) is 33.5 Å². The monoisotopic (exact) mass is 599 g/mol. The van der Waals surface area contributed by atoms with Crippen LogP contribution in [0.4, 0.5) is 4.79 Å². The number of ether oxygens (including phenoxy) is 1. The summed E-state index contributed by atoms with van der Waals surface area (Å²) in [4.78, 5) is 40.6. The van der Waals surface area contributed by atoms with Crippen molar-refractivity contribution in [2.24, 2.45) is 5.92 Å². The first kappa shape index (κ1) is 28.6. The molecule has 1 atom stereocenters. The highest BCUT2D eigenvalue weighted by atomic mass is 32.2. The van der Waals surface area contributed by atoms with E-state index >= 15 is 0 Å². The molecule has 0 saturated carbocycles. The van der Waals surface area contributed by atoms with Crippen LogP contribution in [0.15, 0.2) is 73.1 Å². The van der Waals surface area contributed by atoms with E-state index in [9.17, 15) is 18.0 Å². The van der Waals surface area contributed by atoms with Gasteiger partial charge in [-0.05, 0) is 50.8 Å². The van der Waals surface area contributed by atoms with Gasteiger partial charge >= 0.3 is 6.09 Å². The molecule has 222 valence electrons. The van der Waals surface area contributed by atoms with Crippen molar-refractivity contribution >= 4 is 44.0 Å². The van der Waals surface area contributed by atoms with E-state index in [-0.39, 0.29) is 35.6 Å². The normalized spacial score (nSPS) is 15.8. The largest absolute Gasteiger partial charge is 0.444 e. The number of nitrogens with one attached hydrogen (secondary N) is 1. The van der Waals surface area contributed by atoms with Crippen molar-refractivity contribution in [3.05, 3.63) is 84.2 Å². The third-order valence-corrected chi connectivity index (χ3v) is 9.09. The van der Waals surface area contributed by atoms with Gasteiger partial charge in [0.1, 0.15) is 16.8 Å². The summed E-state index contributed by atoms with van der Waals surface area (Å²) in [5.41, 5.74) is 2.97. The molecule has 1 aliphatic rings. The zero-order valence-corrected chi connectivity index (χ0v) is 25.1. The van der Waals surface area contributed by atoms with Crippen LogP contribution in [0.1, 0.15) is 49.5 Å². The average Bonchev–Trinajstić information content (AvgIpc) is 3.69. The molecule has 0 spiro atoms. The lowest BCUT2D eigenvalue weighted by molar-refractivity contribution is 0.0286. The van der Waals surface area contributed by atoms with Crippen LogP contribution in [-0.4, -0.2) is 62.8 Å². The first-order chi connectivity index (χ1) is 20.5. The van der Waals surface area contributed by atoms with Crippen molar-refractivity contribution in [3.8, 4) is 11.4 Å². The minimum atomic E-state index is -3.74. The molecule has 3 aromatic heterocycles. The van der Waals surface area contributed by atoms with Crippen molar-refractivity contribution < 1.29 is 22.7 Å². The van der Waals surface area contributed by atoms with Crippen LogP contribution in [-0.2, 0) is 20.5 Å². The summed E-state index contributed by atoms with van der Waals surface area (Å²) < 4.78 is 33.1. The molecule has 4 heterocycles. The minimum Gasteiger partial charge on any atom is -0.444 e. The number of rotatable bonds is 7. The molecule has 11 heteroatoms. The predicted octanol–water partition coefficient (Wildman–Crippen LogP) is 5.79. The summed E-state index contributed by atoms with van der Waals surface area (Å²) in [6, 6.07) is 18.1. The number of Topliss-reactive ketones (excluding diaryl/α,β-unsaturated/α-hetero) is 1. The Morgan fingerprint density at radius 2 is 1.79 bits per heavy atom. The van der Waals surface area contributed by atoms with E-state index in [4.69, 9.17) is 9.72 Å². The zero-order chi connectivity index (χ0) is 30.4. The maximum absolute atomic E-state index is 13.9. The molecule has 5 aromatic rings. The van der Waals surface area contributed by atoms with E-state index in [0.717, 1.165) is 14.9 Å². The Bertz CT molecular complexity index is 1940. The number of H-pyrrole nitrogens is 1. The van der Waals surface area contributed by atoms with Crippen LogP contribution in [0.5, 0.6) is 0 Å². The maximum Gasteiger partial charge on any atom is 0.410 e. The van der Waals surface area contributed by atoms with Gasteiger partial charge in [0.05, 0.1) is 23.2 Å².